The number of halogens is 13. The highest BCUT2D eigenvalue weighted by molar-refractivity contribution is 7.30. The van der Waals surface area contributed by atoms with Crippen LogP contribution in [-0.2, 0) is 5.92 Å². The average Bonchev–Trinajstić information content (AvgIpc) is 3.87. The Bertz CT molecular complexity index is 2070. The van der Waals surface area contributed by atoms with Crippen LogP contribution in [0.25, 0.3) is 48.8 Å². The van der Waals surface area contributed by atoms with Crippen molar-refractivity contribution >= 4 is 68.0 Å². The van der Waals surface area contributed by atoms with Crippen molar-refractivity contribution in [2.45, 2.75) is 35.8 Å². The maximum absolute atomic E-state index is 14.7. The van der Waals surface area contributed by atoms with Crippen LogP contribution >= 0.6 is 68.0 Å². The monoisotopic (exact) mass is 812 g/mol. The van der Waals surface area contributed by atoms with Crippen LogP contribution in [0.1, 0.15) is 4.88 Å². The van der Waals surface area contributed by atoms with Gasteiger partial charge in [0.1, 0.15) is 0 Å². The van der Waals surface area contributed by atoms with Gasteiger partial charge in [0.05, 0.1) is 4.88 Å². The first-order chi connectivity index (χ1) is 22.7. The zero-order chi connectivity index (χ0) is 35.8. The maximum Gasteiger partial charge on any atom is 0.460 e. The Morgan fingerprint density at radius 3 is 1.00 bits per heavy atom. The molecule has 6 heterocycles. The van der Waals surface area contributed by atoms with Crippen LogP contribution in [0.15, 0.2) is 78.2 Å². The molecular formula is C30H13F13S6. The van der Waals surface area contributed by atoms with Gasteiger partial charge in [-0.25, -0.2) is 0 Å². The highest BCUT2D eigenvalue weighted by Crippen LogP contribution is 2.63. The third-order valence-electron chi connectivity index (χ3n) is 7.01. The summed E-state index contributed by atoms with van der Waals surface area (Å²) >= 11 is 7.04. The zero-order valence-corrected chi connectivity index (χ0v) is 28.3. The summed E-state index contributed by atoms with van der Waals surface area (Å²) in [5, 5.41) is 2.00. The van der Waals surface area contributed by atoms with Crippen molar-refractivity contribution in [1.29, 1.82) is 0 Å². The van der Waals surface area contributed by atoms with Crippen molar-refractivity contribution in [2.75, 3.05) is 0 Å². The van der Waals surface area contributed by atoms with Crippen LogP contribution in [0.4, 0.5) is 57.1 Å². The van der Waals surface area contributed by atoms with Crippen LogP contribution in [-0.4, -0.2) is 29.9 Å². The highest BCUT2D eigenvalue weighted by Gasteiger charge is 2.91. The first-order valence-electron chi connectivity index (χ1n) is 13.2. The molecule has 6 aromatic heterocycles. The summed E-state index contributed by atoms with van der Waals surface area (Å²) in [5.74, 6) is -37.2. The fourth-order valence-corrected chi connectivity index (χ4v) is 10.6. The molecule has 0 aliphatic heterocycles. The molecule has 0 bridgehead atoms. The van der Waals surface area contributed by atoms with Crippen molar-refractivity contribution in [3.05, 3.63) is 83.1 Å². The predicted octanol–water partition coefficient (Wildman–Crippen LogP) is 14.6. The van der Waals surface area contributed by atoms with Crippen LogP contribution in [0.2, 0.25) is 0 Å². The molecule has 0 aliphatic rings. The molecule has 0 nitrogen and oxygen atoms in total. The van der Waals surface area contributed by atoms with Gasteiger partial charge in [-0.1, -0.05) is 6.07 Å². The van der Waals surface area contributed by atoms with Gasteiger partial charge in [0.15, 0.2) is 0 Å². The quantitative estimate of drug-likeness (QED) is 0.121. The number of thiophene rings is 6. The average molecular weight is 813 g/mol. The molecule has 6 rings (SSSR count). The summed E-state index contributed by atoms with van der Waals surface area (Å²) in [6.45, 7) is 0. The minimum atomic E-state index is -7.93. The summed E-state index contributed by atoms with van der Waals surface area (Å²) in [6, 6.07) is 19.7. The second kappa shape index (κ2) is 12.2. The fourth-order valence-electron chi connectivity index (χ4n) is 4.39. The molecule has 6 aromatic rings. The van der Waals surface area contributed by atoms with Crippen molar-refractivity contribution < 1.29 is 57.1 Å². The summed E-state index contributed by atoms with van der Waals surface area (Å²) in [6.07, 6.45) is -7.45. The fraction of sp³-hybridized carbons (Fsp3) is 0.200. The first-order valence-corrected chi connectivity index (χ1v) is 18.2. The molecule has 0 fully saturated rings. The second-order valence-electron chi connectivity index (χ2n) is 10.2. The SMILES string of the molecule is FC(F)(F)C(F)(F)C(F)(F)C(F)(F)C(F)(F)C(F)(F)c1ccc(-c2ccc(-c3ccc(-c4ccc(-c5ccc(-c6cccs6)s5)s4)s3)s2)s1. The lowest BCUT2D eigenvalue weighted by Crippen LogP contribution is -2.69. The van der Waals surface area contributed by atoms with E-state index >= 15 is 0 Å². The van der Waals surface area contributed by atoms with E-state index in [9.17, 15) is 57.1 Å². The molecule has 0 spiro atoms. The number of alkyl halides is 13. The molecule has 0 atom stereocenters. The lowest BCUT2D eigenvalue weighted by molar-refractivity contribution is -0.441. The second-order valence-corrected chi connectivity index (χ2v) is 16.5. The topological polar surface area (TPSA) is 0 Å². The van der Waals surface area contributed by atoms with Crippen molar-refractivity contribution in [3.8, 4) is 48.8 Å². The Balaban J connectivity index is 1.21. The number of hydrogen-bond acceptors (Lipinski definition) is 6. The van der Waals surface area contributed by atoms with E-state index in [1.54, 1.807) is 46.1 Å². The van der Waals surface area contributed by atoms with Crippen LogP contribution < -0.4 is 0 Å². The number of hydrogen-bond donors (Lipinski definition) is 0. The van der Waals surface area contributed by atoms with Gasteiger partial charge in [-0.2, -0.15) is 57.1 Å². The number of rotatable bonds is 10. The zero-order valence-electron chi connectivity index (χ0n) is 23.4. The van der Waals surface area contributed by atoms with Gasteiger partial charge in [-0.15, -0.1) is 68.0 Å². The first kappa shape index (κ1) is 36.1. The molecule has 0 saturated heterocycles. The van der Waals surface area contributed by atoms with Crippen molar-refractivity contribution in [3.63, 3.8) is 0 Å². The molecule has 0 radical (unpaired) electrons. The maximum atomic E-state index is 14.7. The summed E-state index contributed by atoms with van der Waals surface area (Å²) < 4.78 is 177. The van der Waals surface area contributed by atoms with Crippen LogP contribution in [0.5, 0.6) is 0 Å². The van der Waals surface area contributed by atoms with E-state index in [2.05, 4.69) is 6.07 Å². The molecule has 19 heteroatoms. The smallest absolute Gasteiger partial charge is 0.193 e. The van der Waals surface area contributed by atoms with E-state index in [1.165, 1.54) is 17.4 Å². The molecule has 0 aromatic carbocycles. The van der Waals surface area contributed by atoms with E-state index in [-0.39, 0.29) is 27.2 Å². The van der Waals surface area contributed by atoms with E-state index in [0.717, 1.165) is 51.5 Å². The van der Waals surface area contributed by atoms with Crippen molar-refractivity contribution in [2.24, 2.45) is 0 Å². The third kappa shape index (κ3) is 5.87. The molecule has 0 saturated carbocycles. The minimum Gasteiger partial charge on any atom is -0.193 e. The lowest BCUT2D eigenvalue weighted by Gasteiger charge is -2.39. The van der Waals surface area contributed by atoms with E-state index in [1.807, 2.05) is 41.8 Å². The standard InChI is InChI=1S/C30H13F13S6/c31-25(32,26(33,34)27(35,36)28(37,38)29(39,40)30(41,42)43)24-12-11-23(49-24)22-10-9-21(48-22)20-8-7-19(47-20)18-6-5-17(46-18)16-4-3-15(45-16)14-2-1-13-44-14/h1-13H. The molecule has 0 aliphatic carbocycles. The predicted molar refractivity (Wildman–Crippen MR) is 171 cm³/mol. The Morgan fingerprint density at radius 2 is 0.653 bits per heavy atom. The summed E-state index contributed by atoms with van der Waals surface area (Å²) in [5.41, 5.74) is 0. The Labute approximate surface area is 291 Å². The van der Waals surface area contributed by atoms with Gasteiger partial charge in [0.25, 0.3) is 0 Å². The van der Waals surface area contributed by atoms with Crippen molar-refractivity contribution in [1.82, 2.24) is 0 Å². The van der Waals surface area contributed by atoms with Gasteiger partial charge < -0.3 is 0 Å². The molecule has 0 N–H and O–H groups in total. The molecule has 260 valence electrons. The Morgan fingerprint density at radius 1 is 0.327 bits per heavy atom. The summed E-state index contributed by atoms with van der Waals surface area (Å²) in [4.78, 5) is 5.70. The molecular weight excluding hydrogens is 800 g/mol. The summed E-state index contributed by atoms with van der Waals surface area (Å²) in [7, 11) is 0. The highest BCUT2D eigenvalue weighted by atomic mass is 32.1. The van der Waals surface area contributed by atoms with E-state index < -0.39 is 40.7 Å². The van der Waals surface area contributed by atoms with Gasteiger partial charge in [0.2, 0.25) is 0 Å². The molecule has 0 amide bonds. The molecule has 0 unspecified atom stereocenters. The molecule has 49 heavy (non-hydrogen) atoms. The largest absolute Gasteiger partial charge is 0.460 e. The Kier molecular flexibility index (Phi) is 9.00. The third-order valence-corrected chi connectivity index (χ3v) is 14.4. The van der Waals surface area contributed by atoms with Crippen LogP contribution in [0.3, 0.4) is 0 Å². The van der Waals surface area contributed by atoms with Gasteiger partial charge in [-0.3, -0.25) is 0 Å². The van der Waals surface area contributed by atoms with Gasteiger partial charge in [-0.05, 0) is 72.1 Å². The minimum absolute atomic E-state index is 0.179. The van der Waals surface area contributed by atoms with Crippen LogP contribution in [0, 0.1) is 0 Å². The van der Waals surface area contributed by atoms with Gasteiger partial charge in [0, 0.05) is 48.8 Å². The lowest BCUT2D eigenvalue weighted by atomic mass is 9.93. The van der Waals surface area contributed by atoms with Gasteiger partial charge >= 0.3 is 35.8 Å². The Hall–Kier alpha value is -2.71. The normalized spacial score (nSPS) is 13.8. The van der Waals surface area contributed by atoms with E-state index in [4.69, 9.17) is 0 Å². The van der Waals surface area contributed by atoms with E-state index in [0.29, 0.717) is 4.88 Å².